The second kappa shape index (κ2) is 6.26. The Kier molecular flexibility index (Phi) is 4.41. The predicted molar refractivity (Wildman–Crippen MR) is 80.2 cm³/mol. The van der Waals surface area contributed by atoms with Gasteiger partial charge < -0.3 is 15.5 Å². The Morgan fingerprint density at radius 3 is 2.50 bits per heavy atom. The zero-order chi connectivity index (χ0) is 16.3. The number of phenols is 1. The van der Waals surface area contributed by atoms with Gasteiger partial charge in [-0.05, 0) is 18.2 Å². The SMILES string of the molecule is CNC(=O)c1cc(C(=O)O)cc(C(C)c2ccccc2O)n1. The van der Waals surface area contributed by atoms with E-state index >= 15 is 0 Å². The van der Waals surface area contributed by atoms with Crippen LogP contribution in [0.15, 0.2) is 36.4 Å². The van der Waals surface area contributed by atoms with Gasteiger partial charge in [-0.1, -0.05) is 25.1 Å². The number of hydrogen-bond acceptors (Lipinski definition) is 4. The van der Waals surface area contributed by atoms with E-state index in [2.05, 4.69) is 10.3 Å². The van der Waals surface area contributed by atoms with Gasteiger partial charge >= 0.3 is 5.97 Å². The lowest BCUT2D eigenvalue weighted by Gasteiger charge is -2.14. The van der Waals surface area contributed by atoms with E-state index in [0.717, 1.165) is 0 Å². The number of pyridine rings is 1. The number of aromatic carboxylic acids is 1. The Hall–Kier alpha value is -2.89. The Labute approximate surface area is 127 Å². The van der Waals surface area contributed by atoms with Crippen molar-refractivity contribution in [3.63, 3.8) is 0 Å². The lowest BCUT2D eigenvalue weighted by Crippen LogP contribution is -2.21. The van der Waals surface area contributed by atoms with E-state index < -0.39 is 11.9 Å². The minimum absolute atomic E-state index is 0.0223. The number of carboxylic acid groups (broad SMARTS) is 1. The molecule has 0 spiro atoms. The first-order chi connectivity index (χ1) is 10.4. The second-order valence-electron chi connectivity index (χ2n) is 4.83. The van der Waals surface area contributed by atoms with Crippen molar-refractivity contribution in [2.45, 2.75) is 12.8 Å². The summed E-state index contributed by atoms with van der Waals surface area (Å²) >= 11 is 0. The Balaban J connectivity index is 2.54. The van der Waals surface area contributed by atoms with Crippen molar-refractivity contribution < 1.29 is 19.8 Å². The summed E-state index contributed by atoms with van der Waals surface area (Å²) in [5.41, 5.74) is 1.02. The standard InChI is InChI=1S/C16H16N2O4/c1-9(11-5-3-4-6-14(11)19)12-7-10(16(21)22)8-13(18-12)15(20)17-2/h3-9,19H,1-2H3,(H,17,20)(H,21,22). The Morgan fingerprint density at radius 2 is 1.91 bits per heavy atom. The number of para-hydroxylation sites is 1. The highest BCUT2D eigenvalue weighted by Gasteiger charge is 2.19. The molecule has 0 saturated carbocycles. The molecule has 0 fully saturated rings. The van der Waals surface area contributed by atoms with Crippen molar-refractivity contribution in [1.82, 2.24) is 10.3 Å². The molecule has 0 aliphatic rings. The van der Waals surface area contributed by atoms with Crippen LogP contribution >= 0.6 is 0 Å². The molecule has 22 heavy (non-hydrogen) atoms. The van der Waals surface area contributed by atoms with Gasteiger partial charge in [-0.3, -0.25) is 4.79 Å². The number of carbonyl (C=O) groups is 2. The van der Waals surface area contributed by atoms with Gasteiger partial charge in [-0.15, -0.1) is 0 Å². The summed E-state index contributed by atoms with van der Waals surface area (Å²) in [6, 6.07) is 9.38. The van der Waals surface area contributed by atoms with Crippen LogP contribution in [0.1, 0.15) is 44.9 Å². The number of phenolic OH excluding ortho intramolecular Hbond substituents is 1. The summed E-state index contributed by atoms with van der Waals surface area (Å²) in [6.07, 6.45) is 0. The fraction of sp³-hybridized carbons (Fsp3) is 0.188. The van der Waals surface area contributed by atoms with Crippen LogP contribution in [0.2, 0.25) is 0 Å². The van der Waals surface area contributed by atoms with Crippen LogP contribution in [0.25, 0.3) is 0 Å². The maximum atomic E-state index is 11.8. The van der Waals surface area contributed by atoms with E-state index in [9.17, 15) is 19.8 Å². The molecule has 2 rings (SSSR count). The highest BCUT2D eigenvalue weighted by atomic mass is 16.4. The lowest BCUT2D eigenvalue weighted by atomic mass is 9.95. The molecule has 1 amide bonds. The van der Waals surface area contributed by atoms with E-state index in [1.807, 2.05) is 0 Å². The van der Waals surface area contributed by atoms with Crippen LogP contribution in [0.5, 0.6) is 5.75 Å². The molecule has 3 N–H and O–H groups in total. The van der Waals surface area contributed by atoms with Crippen molar-refractivity contribution >= 4 is 11.9 Å². The molecule has 0 radical (unpaired) electrons. The van der Waals surface area contributed by atoms with Crippen molar-refractivity contribution in [3.05, 3.63) is 58.9 Å². The maximum Gasteiger partial charge on any atom is 0.335 e. The molecule has 114 valence electrons. The van der Waals surface area contributed by atoms with Crippen molar-refractivity contribution in [1.29, 1.82) is 0 Å². The number of benzene rings is 1. The smallest absolute Gasteiger partial charge is 0.335 e. The Bertz CT molecular complexity index is 728. The fourth-order valence-corrected chi connectivity index (χ4v) is 2.15. The van der Waals surface area contributed by atoms with E-state index in [1.165, 1.54) is 19.2 Å². The molecule has 2 aromatic rings. The highest BCUT2D eigenvalue weighted by Crippen LogP contribution is 2.30. The third-order valence-corrected chi connectivity index (χ3v) is 3.40. The van der Waals surface area contributed by atoms with Crippen LogP contribution in [0.3, 0.4) is 0 Å². The molecular formula is C16H16N2O4. The summed E-state index contributed by atoms with van der Waals surface area (Å²) < 4.78 is 0. The second-order valence-corrected chi connectivity index (χ2v) is 4.83. The summed E-state index contributed by atoms with van der Waals surface area (Å²) in [4.78, 5) is 27.2. The first-order valence-corrected chi connectivity index (χ1v) is 6.69. The van der Waals surface area contributed by atoms with Crippen molar-refractivity contribution in [2.75, 3.05) is 7.05 Å². The molecule has 1 atom stereocenters. The summed E-state index contributed by atoms with van der Waals surface area (Å²) in [7, 11) is 1.45. The van der Waals surface area contributed by atoms with Crippen LogP contribution < -0.4 is 5.32 Å². The molecule has 6 nitrogen and oxygen atoms in total. The molecule has 1 aromatic heterocycles. The fourth-order valence-electron chi connectivity index (χ4n) is 2.15. The molecule has 1 unspecified atom stereocenters. The normalized spacial score (nSPS) is 11.7. The van der Waals surface area contributed by atoms with Gasteiger partial charge in [0.15, 0.2) is 0 Å². The quantitative estimate of drug-likeness (QED) is 0.802. The van der Waals surface area contributed by atoms with Crippen molar-refractivity contribution in [2.24, 2.45) is 0 Å². The highest BCUT2D eigenvalue weighted by molar-refractivity contribution is 5.95. The van der Waals surface area contributed by atoms with E-state index in [1.54, 1.807) is 31.2 Å². The van der Waals surface area contributed by atoms with Gasteiger partial charge in [-0.2, -0.15) is 0 Å². The molecule has 0 aliphatic heterocycles. The minimum Gasteiger partial charge on any atom is -0.508 e. The molecular weight excluding hydrogens is 284 g/mol. The number of rotatable bonds is 4. The van der Waals surface area contributed by atoms with Gasteiger partial charge in [-0.25, -0.2) is 9.78 Å². The zero-order valence-corrected chi connectivity index (χ0v) is 12.2. The third kappa shape index (κ3) is 3.06. The number of carbonyl (C=O) groups excluding carboxylic acids is 1. The van der Waals surface area contributed by atoms with E-state index in [0.29, 0.717) is 11.3 Å². The molecule has 0 bridgehead atoms. The number of aromatic nitrogens is 1. The minimum atomic E-state index is -1.14. The van der Waals surface area contributed by atoms with Gasteiger partial charge in [0.2, 0.25) is 0 Å². The molecule has 0 aliphatic carbocycles. The molecule has 1 aromatic carbocycles. The number of nitrogens with one attached hydrogen (secondary N) is 1. The predicted octanol–water partition coefficient (Wildman–Crippen LogP) is 2.00. The van der Waals surface area contributed by atoms with Crippen molar-refractivity contribution in [3.8, 4) is 5.75 Å². The molecule has 6 heteroatoms. The average Bonchev–Trinajstić information content (AvgIpc) is 2.53. The first-order valence-electron chi connectivity index (χ1n) is 6.69. The maximum absolute atomic E-state index is 11.8. The van der Waals surface area contributed by atoms with Crippen LogP contribution in [-0.4, -0.2) is 34.1 Å². The third-order valence-electron chi connectivity index (χ3n) is 3.40. The van der Waals surface area contributed by atoms with Gasteiger partial charge in [0.05, 0.1) is 5.56 Å². The van der Waals surface area contributed by atoms with Crippen LogP contribution in [-0.2, 0) is 0 Å². The zero-order valence-electron chi connectivity index (χ0n) is 12.2. The van der Waals surface area contributed by atoms with Crippen LogP contribution in [0.4, 0.5) is 0 Å². The number of amides is 1. The van der Waals surface area contributed by atoms with Gasteiger partial charge in [0.25, 0.3) is 5.91 Å². The van der Waals surface area contributed by atoms with Crippen LogP contribution in [0, 0.1) is 0 Å². The average molecular weight is 300 g/mol. The molecule has 1 heterocycles. The summed E-state index contributed by atoms with van der Waals surface area (Å²) in [5.74, 6) is -1.87. The van der Waals surface area contributed by atoms with E-state index in [-0.39, 0.29) is 22.9 Å². The number of carboxylic acids is 1. The first kappa shape index (κ1) is 15.5. The van der Waals surface area contributed by atoms with E-state index in [4.69, 9.17) is 0 Å². The number of aromatic hydroxyl groups is 1. The van der Waals surface area contributed by atoms with Gasteiger partial charge in [0, 0.05) is 24.2 Å². The summed E-state index contributed by atoms with van der Waals surface area (Å²) in [5, 5.41) is 21.5. The monoisotopic (exact) mass is 300 g/mol. The summed E-state index contributed by atoms with van der Waals surface area (Å²) in [6.45, 7) is 1.79. The lowest BCUT2D eigenvalue weighted by molar-refractivity contribution is 0.0696. The topological polar surface area (TPSA) is 99.5 Å². The Morgan fingerprint density at radius 1 is 1.23 bits per heavy atom. The number of nitrogens with zero attached hydrogens (tertiary/aromatic N) is 1. The largest absolute Gasteiger partial charge is 0.508 e. The number of hydrogen-bond donors (Lipinski definition) is 3. The molecule has 0 saturated heterocycles. The van der Waals surface area contributed by atoms with Gasteiger partial charge in [0.1, 0.15) is 11.4 Å².